The molecule has 150 valence electrons. The van der Waals surface area contributed by atoms with E-state index in [1.54, 1.807) is 0 Å². The van der Waals surface area contributed by atoms with Crippen molar-refractivity contribution in [2.24, 2.45) is 5.14 Å². The number of carboxylic acids is 1. The first kappa shape index (κ1) is 20.1. The Hall–Kier alpha value is -2.65. The van der Waals surface area contributed by atoms with Gasteiger partial charge in [0.25, 0.3) is 0 Å². The van der Waals surface area contributed by atoms with Crippen LogP contribution in [-0.2, 0) is 10.0 Å². The fourth-order valence-corrected chi connectivity index (χ4v) is 4.20. The number of ether oxygens (including phenoxy) is 1. The number of anilines is 1. The van der Waals surface area contributed by atoms with Crippen LogP contribution in [0.15, 0.2) is 41.3 Å². The molecule has 0 aliphatic carbocycles. The smallest absolute Gasteiger partial charge is 0.335 e. The summed E-state index contributed by atoms with van der Waals surface area (Å²) in [6.07, 6.45) is 1.72. The van der Waals surface area contributed by atoms with Crippen LogP contribution in [0.3, 0.4) is 0 Å². The predicted octanol–water partition coefficient (Wildman–Crippen LogP) is 3.34. The van der Waals surface area contributed by atoms with Crippen molar-refractivity contribution in [1.82, 2.24) is 0 Å². The second-order valence-electron chi connectivity index (χ2n) is 6.91. The summed E-state index contributed by atoms with van der Waals surface area (Å²) in [5.41, 5.74) is 0.113. The van der Waals surface area contributed by atoms with Gasteiger partial charge in [-0.15, -0.1) is 0 Å². The van der Waals surface area contributed by atoms with Crippen LogP contribution in [0.25, 0.3) is 0 Å². The predicted molar refractivity (Wildman–Crippen MR) is 102 cm³/mol. The third kappa shape index (κ3) is 3.95. The molecule has 1 fully saturated rings. The highest BCUT2D eigenvalue weighted by Crippen LogP contribution is 2.43. The van der Waals surface area contributed by atoms with Gasteiger partial charge < -0.3 is 14.7 Å². The average Bonchev–Trinajstić information content (AvgIpc) is 2.94. The zero-order valence-corrected chi connectivity index (χ0v) is 16.2. The standard InChI is InChI=1S/C19H21FN2O5S/c1-11-3-4-12(2)22(11)16-9-13(19(23)24)10-17(28(21,25)26)18(16)27-15-7-5-14(20)6-8-15/h5-12H,3-4H2,1-2H3,(H,23,24)(H2,21,25,26). The molecule has 1 saturated heterocycles. The van der Waals surface area contributed by atoms with Crippen molar-refractivity contribution in [2.45, 2.75) is 43.7 Å². The zero-order chi connectivity index (χ0) is 20.6. The molecule has 0 saturated carbocycles. The van der Waals surface area contributed by atoms with Gasteiger partial charge in [0.1, 0.15) is 16.5 Å². The SMILES string of the molecule is CC1CCC(C)N1c1cc(C(=O)O)cc(S(N)(=O)=O)c1Oc1ccc(F)cc1. The number of benzene rings is 2. The summed E-state index contributed by atoms with van der Waals surface area (Å²) in [4.78, 5) is 13.1. The number of hydrogen-bond acceptors (Lipinski definition) is 5. The number of nitrogens with zero attached hydrogens (tertiary/aromatic N) is 1. The molecule has 7 nitrogen and oxygen atoms in total. The summed E-state index contributed by atoms with van der Waals surface area (Å²) >= 11 is 0. The van der Waals surface area contributed by atoms with Crippen molar-refractivity contribution >= 4 is 21.7 Å². The number of halogens is 1. The summed E-state index contributed by atoms with van der Waals surface area (Å²) in [6, 6.07) is 7.52. The van der Waals surface area contributed by atoms with E-state index in [9.17, 15) is 22.7 Å². The van der Waals surface area contributed by atoms with E-state index < -0.39 is 26.7 Å². The fraction of sp³-hybridized carbons (Fsp3) is 0.316. The summed E-state index contributed by atoms with van der Waals surface area (Å²) < 4.78 is 43.5. The summed E-state index contributed by atoms with van der Waals surface area (Å²) in [7, 11) is -4.29. The largest absolute Gasteiger partial charge is 0.478 e. The lowest BCUT2D eigenvalue weighted by Crippen LogP contribution is -2.33. The highest BCUT2D eigenvalue weighted by molar-refractivity contribution is 7.89. The second-order valence-corrected chi connectivity index (χ2v) is 8.44. The van der Waals surface area contributed by atoms with Crippen LogP contribution in [0.5, 0.6) is 11.5 Å². The lowest BCUT2D eigenvalue weighted by molar-refractivity contribution is 0.0696. The molecule has 9 heteroatoms. The van der Waals surface area contributed by atoms with Crippen LogP contribution in [0.1, 0.15) is 37.0 Å². The van der Waals surface area contributed by atoms with E-state index in [4.69, 9.17) is 9.88 Å². The van der Waals surface area contributed by atoms with Gasteiger partial charge in [-0.2, -0.15) is 0 Å². The Balaban J connectivity index is 2.26. The number of primary sulfonamides is 1. The molecule has 0 amide bonds. The van der Waals surface area contributed by atoms with Crippen molar-refractivity contribution in [1.29, 1.82) is 0 Å². The molecule has 28 heavy (non-hydrogen) atoms. The molecule has 2 atom stereocenters. The van der Waals surface area contributed by atoms with Gasteiger partial charge in [-0.25, -0.2) is 22.7 Å². The third-order valence-corrected chi connectivity index (χ3v) is 5.77. The molecular weight excluding hydrogens is 387 g/mol. The maximum absolute atomic E-state index is 13.2. The van der Waals surface area contributed by atoms with Gasteiger partial charge in [-0.3, -0.25) is 0 Å². The van der Waals surface area contributed by atoms with Gasteiger partial charge >= 0.3 is 5.97 Å². The Kier molecular flexibility index (Phi) is 5.31. The topological polar surface area (TPSA) is 110 Å². The number of hydrogen-bond donors (Lipinski definition) is 2. The van der Waals surface area contributed by atoms with Crippen molar-refractivity contribution in [2.75, 3.05) is 4.90 Å². The molecule has 2 aromatic rings. The van der Waals surface area contributed by atoms with Crippen LogP contribution in [-0.4, -0.2) is 31.6 Å². The Labute approximate surface area is 162 Å². The third-order valence-electron chi connectivity index (χ3n) is 4.85. The second kappa shape index (κ2) is 7.40. The molecular formula is C19H21FN2O5S. The minimum absolute atomic E-state index is 0.0444. The van der Waals surface area contributed by atoms with E-state index in [0.717, 1.165) is 18.9 Å². The fourth-order valence-electron chi connectivity index (χ4n) is 3.51. The van der Waals surface area contributed by atoms with Crippen LogP contribution in [0.4, 0.5) is 10.1 Å². The molecule has 3 rings (SSSR count). The molecule has 0 radical (unpaired) electrons. The Morgan fingerprint density at radius 3 is 2.25 bits per heavy atom. The normalized spacial score (nSPS) is 19.6. The number of sulfonamides is 1. The molecule has 3 N–H and O–H groups in total. The molecule has 1 heterocycles. The van der Waals surface area contributed by atoms with E-state index in [-0.39, 0.29) is 29.1 Å². The van der Waals surface area contributed by atoms with Crippen LogP contribution < -0.4 is 14.8 Å². The monoisotopic (exact) mass is 408 g/mol. The Bertz CT molecular complexity index is 998. The zero-order valence-electron chi connectivity index (χ0n) is 15.4. The first-order valence-electron chi connectivity index (χ1n) is 8.74. The molecule has 1 aliphatic rings. The van der Waals surface area contributed by atoms with E-state index in [1.807, 2.05) is 18.7 Å². The number of nitrogens with two attached hydrogens (primary N) is 1. The van der Waals surface area contributed by atoms with Crippen molar-refractivity contribution in [3.8, 4) is 11.5 Å². The molecule has 2 unspecified atom stereocenters. The Morgan fingerprint density at radius 1 is 1.18 bits per heavy atom. The number of carboxylic acid groups (broad SMARTS) is 1. The highest BCUT2D eigenvalue weighted by Gasteiger charge is 2.33. The summed E-state index contributed by atoms with van der Waals surface area (Å²) in [6.45, 7) is 3.93. The minimum Gasteiger partial charge on any atom is -0.478 e. The van der Waals surface area contributed by atoms with Crippen molar-refractivity contribution in [3.05, 3.63) is 47.8 Å². The van der Waals surface area contributed by atoms with Crippen molar-refractivity contribution in [3.63, 3.8) is 0 Å². The molecule has 2 aromatic carbocycles. The van der Waals surface area contributed by atoms with E-state index >= 15 is 0 Å². The van der Waals surface area contributed by atoms with Gasteiger partial charge in [0.2, 0.25) is 10.0 Å². The summed E-state index contributed by atoms with van der Waals surface area (Å²) in [5, 5.41) is 14.8. The van der Waals surface area contributed by atoms with E-state index in [1.165, 1.54) is 30.3 Å². The van der Waals surface area contributed by atoms with Gasteiger partial charge in [0, 0.05) is 12.1 Å². The maximum Gasteiger partial charge on any atom is 0.335 e. The lowest BCUT2D eigenvalue weighted by Gasteiger charge is -2.31. The number of rotatable bonds is 5. The molecule has 1 aliphatic heterocycles. The first-order valence-corrected chi connectivity index (χ1v) is 10.3. The quantitative estimate of drug-likeness (QED) is 0.785. The van der Waals surface area contributed by atoms with Crippen LogP contribution in [0, 0.1) is 5.82 Å². The van der Waals surface area contributed by atoms with Crippen LogP contribution >= 0.6 is 0 Å². The number of carbonyl (C=O) groups is 1. The highest BCUT2D eigenvalue weighted by atomic mass is 32.2. The average molecular weight is 408 g/mol. The Morgan fingerprint density at radius 2 is 1.75 bits per heavy atom. The first-order chi connectivity index (χ1) is 13.1. The van der Waals surface area contributed by atoms with Crippen molar-refractivity contribution < 1.29 is 27.4 Å². The molecule has 0 bridgehead atoms. The van der Waals surface area contributed by atoms with E-state index in [0.29, 0.717) is 5.69 Å². The van der Waals surface area contributed by atoms with Gasteiger partial charge in [-0.05, 0) is 63.1 Å². The maximum atomic E-state index is 13.2. The van der Waals surface area contributed by atoms with Gasteiger partial charge in [0.05, 0.1) is 11.3 Å². The summed E-state index contributed by atoms with van der Waals surface area (Å²) in [5.74, 6) is -1.61. The molecule has 0 aromatic heterocycles. The van der Waals surface area contributed by atoms with E-state index in [2.05, 4.69) is 0 Å². The van der Waals surface area contributed by atoms with Crippen LogP contribution in [0.2, 0.25) is 0 Å². The van der Waals surface area contributed by atoms with Gasteiger partial charge in [-0.1, -0.05) is 0 Å². The number of aromatic carboxylic acids is 1. The molecule has 0 spiro atoms. The lowest BCUT2D eigenvalue weighted by atomic mass is 10.1. The minimum atomic E-state index is -4.29. The van der Waals surface area contributed by atoms with Gasteiger partial charge in [0.15, 0.2) is 5.75 Å².